The fourth-order valence-corrected chi connectivity index (χ4v) is 11.9. The molecule has 0 aromatic carbocycles. The van der Waals surface area contributed by atoms with Crippen molar-refractivity contribution in [1.29, 1.82) is 0 Å². The molecule has 13 atom stereocenters. The molecule has 2 unspecified atom stereocenters. The van der Waals surface area contributed by atoms with Crippen LogP contribution in [0.4, 0.5) is 0 Å². The second kappa shape index (κ2) is 7.47. The maximum absolute atomic E-state index is 13.5. The van der Waals surface area contributed by atoms with Gasteiger partial charge in [-0.2, -0.15) is 0 Å². The molecule has 1 aliphatic heterocycles. The van der Waals surface area contributed by atoms with Crippen LogP contribution in [-0.2, 0) is 23.7 Å². The van der Waals surface area contributed by atoms with Crippen molar-refractivity contribution in [2.45, 2.75) is 66.6 Å². The number of carbonyl (C=O) groups is 1. The highest BCUT2D eigenvalue weighted by Gasteiger charge is 2.90. The number of hydrogen-bond donors (Lipinski definition) is 2. The molecule has 192 valence electrons. The molecule has 34 heavy (non-hydrogen) atoms. The second-order valence-electron chi connectivity index (χ2n) is 11.8. The zero-order valence-corrected chi connectivity index (χ0v) is 22.3. The van der Waals surface area contributed by atoms with Crippen molar-refractivity contribution in [1.82, 2.24) is 4.90 Å². The molecular formula is C25H38BrNO7. The standard InChI is InChI=1S/C25H38BrNO7/c1-6-27-10-22(11-31-2)14(28)7-15(33-4)25-12-8-23(26)18(12)24(30,9-13(32-3)21(23)29)16(20(25)27)17(34-5)19(22)25/h12-20,28,30H,6-11H2,1-5H3/t12-,13+,14?,15+,16+,17+,18-,19-,20-,22+,23?,24+,25+/m1/s1. The lowest BCUT2D eigenvalue weighted by Gasteiger charge is -2.76. The molecule has 8 nitrogen and oxygen atoms in total. The average molecular weight is 544 g/mol. The highest BCUT2D eigenvalue weighted by Crippen LogP contribution is 2.82. The summed E-state index contributed by atoms with van der Waals surface area (Å²) >= 11 is 3.84. The van der Waals surface area contributed by atoms with Crippen molar-refractivity contribution in [3.05, 3.63) is 0 Å². The summed E-state index contributed by atoms with van der Waals surface area (Å²) in [5.74, 6) is -0.420. The Kier molecular flexibility index (Phi) is 5.32. The summed E-state index contributed by atoms with van der Waals surface area (Å²) in [6.45, 7) is 4.06. The Morgan fingerprint density at radius 2 is 1.85 bits per heavy atom. The van der Waals surface area contributed by atoms with E-state index in [2.05, 4.69) is 27.8 Å². The zero-order chi connectivity index (χ0) is 24.4. The highest BCUT2D eigenvalue weighted by molar-refractivity contribution is 9.10. The number of piperidine rings is 1. The van der Waals surface area contributed by atoms with E-state index in [1.165, 1.54) is 0 Å². The first-order chi connectivity index (χ1) is 16.2. The van der Waals surface area contributed by atoms with Crippen LogP contribution in [0.5, 0.6) is 0 Å². The van der Waals surface area contributed by atoms with Crippen molar-refractivity contribution in [2.24, 2.45) is 34.5 Å². The van der Waals surface area contributed by atoms with Gasteiger partial charge in [-0.3, -0.25) is 9.69 Å². The number of rotatable bonds is 6. The van der Waals surface area contributed by atoms with Gasteiger partial charge in [-0.1, -0.05) is 22.9 Å². The second-order valence-corrected chi connectivity index (χ2v) is 13.2. The van der Waals surface area contributed by atoms with Crippen LogP contribution in [0.25, 0.3) is 0 Å². The minimum atomic E-state index is -1.13. The van der Waals surface area contributed by atoms with Gasteiger partial charge < -0.3 is 29.2 Å². The lowest BCUT2D eigenvalue weighted by Crippen LogP contribution is -2.85. The normalized spacial score (nSPS) is 59.5. The van der Waals surface area contributed by atoms with E-state index in [0.29, 0.717) is 26.0 Å². The maximum Gasteiger partial charge on any atom is 0.178 e. The Morgan fingerprint density at radius 1 is 1.12 bits per heavy atom. The zero-order valence-electron chi connectivity index (χ0n) is 20.7. The summed E-state index contributed by atoms with van der Waals surface area (Å²) in [4.78, 5) is 15.9. The molecule has 5 saturated carbocycles. The van der Waals surface area contributed by atoms with Crippen LogP contribution in [0.15, 0.2) is 0 Å². The molecule has 5 bridgehead atoms. The third-order valence-corrected chi connectivity index (χ3v) is 12.5. The van der Waals surface area contributed by atoms with E-state index in [1.807, 2.05) is 0 Å². The third-order valence-electron chi connectivity index (χ3n) is 11.3. The fourth-order valence-electron chi connectivity index (χ4n) is 10.6. The number of Topliss-reactive ketones (excluding diaryl/α,β-unsaturated/α-hetero) is 1. The van der Waals surface area contributed by atoms with Crippen LogP contribution in [0.2, 0.25) is 0 Å². The number of ketones is 1. The van der Waals surface area contributed by atoms with Gasteiger partial charge in [0.1, 0.15) is 6.10 Å². The van der Waals surface area contributed by atoms with Crippen LogP contribution in [0.3, 0.4) is 0 Å². The van der Waals surface area contributed by atoms with Crippen LogP contribution in [-0.4, -0.2) is 109 Å². The number of likely N-dealkylation sites (tertiary alicyclic amines) is 1. The lowest BCUT2D eigenvalue weighted by molar-refractivity contribution is -0.319. The van der Waals surface area contributed by atoms with E-state index in [4.69, 9.17) is 18.9 Å². The monoisotopic (exact) mass is 543 g/mol. The molecule has 6 aliphatic rings. The summed E-state index contributed by atoms with van der Waals surface area (Å²) in [6, 6.07) is 0.0314. The van der Waals surface area contributed by atoms with Crippen molar-refractivity contribution < 1.29 is 34.0 Å². The first-order valence-corrected chi connectivity index (χ1v) is 13.4. The quantitative estimate of drug-likeness (QED) is 0.476. The third kappa shape index (κ3) is 2.30. The minimum absolute atomic E-state index is 0.0314. The van der Waals surface area contributed by atoms with Gasteiger partial charge >= 0.3 is 0 Å². The van der Waals surface area contributed by atoms with Crippen LogP contribution < -0.4 is 0 Å². The van der Waals surface area contributed by atoms with Gasteiger partial charge in [0.2, 0.25) is 0 Å². The summed E-state index contributed by atoms with van der Waals surface area (Å²) in [6.07, 6.45) is -0.317. The molecule has 6 fully saturated rings. The first kappa shape index (κ1) is 24.2. The smallest absolute Gasteiger partial charge is 0.178 e. The molecular weight excluding hydrogens is 506 g/mol. The summed E-state index contributed by atoms with van der Waals surface area (Å²) in [5, 5.41) is 24.4. The number of ether oxygens (including phenoxy) is 4. The Morgan fingerprint density at radius 3 is 2.44 bits per heavy atom. The highest BCUT2D eigenvalue weighted by atomic mass is 79.9. The minimum Gasteiger partial charge on any atom is -0.392 e. The summed E-state index contributed by atoms with van der Waals surface area (Å²) < 4.78 is 23.2. The van der Waals surface area contributed by atoms with Crippen LogP contribution in [0, 0.1) is 34.5 Å². The maximum atomic E-state index is 13.5. The molecule has 2 N–H and O–H groups in total. The number of hydrogen-bond acceptors (Lipinski definition) is 8. The van der Waals surface area contributed by atoms with Gasteiger partial charge in [0.05, 0.1) is 34.8 Å². The van der Waals surface area contributed by atoms with Crippen molar-refractivity contribution in [3.8, 4) is 0 Å². The van der Waals surface area contributed by atoms with E-state index in [9.17, 15) is 15.0 Å². The van der Waals surface area contributed by atoms with Crippen molar-refractivity contribution >= 4 is 21.7 Å². The van der Waals surface area contributed by atoms with Gasteiger partial charge in [-0.25, -0.2) is 0 Å². The van der Waals surface area contributed by atoms with Gasteiger partial charge in [0, 0.05) is 82.5 Å². The molecule has 1 saturated heterocycles. The Labute approximate surface area is 209 Å². The topological polar surface area (TPSA) is 97.7 Å². The van der Waals surface area contributed by atoms with Gasteiger partial charge in [0.25, 0.3) is 0 Å². The molecule has 0 aromatic heterocycles. The van der Waals surface area contributed by atoms with E-state index < -0.39 is 27.5 Å². The molecule has 1 spiro atoms. The number of aliphatic hydroxyl groups excluding tert-OH is 1. The predicted molar refractivity (Wildman–Crippen MR) is 126 cm³/mol. The SMILES string of the molecule is CCN1C[C@]2(COC)C(O)C[C@H](OC)[C@@]34[C@@H]5CC6(Br)C(=O)[C@@H](OC)C[C@](O)([C@@H]([C@H](OC)[C@H]23)[C@@H]14)[C@H]56. The van der Waals surface area contributed by atoms with E-state index >= 15 is 0 Å². The Balaban J connectivity index is 1.63. The number of alkyl halides is 1. The van der Waals surface area contributed by atoms with E-state index in [1.54, 1.807) is 28.4 Å². The summed E-state index contributed by atoms with van der Waals surface area (Å²) in [5.41, 5.74) is -2.01. The first-order valence-electron chi connectivity index (χ1n) is 12.6. The largest absolute Gasteiger partial charge is 0.392 e. The Bertz CT molecular complexity index is 891. The molecule has 0 amide bonds. The Hall–Kier alpha value is -0.130. The molecule has 0 radical (unpaired) electrons. The van der Waals surface area contributed by atoms with E-state index in [0.717, 1.165) is 6.54 Å². The van der Waals surface area contributed by atoms with Crippen molar-refractivity contribution in [3.63, 3.8) is 0 Å². The molecule has 6 rings (SSSR count). The van der Waals surface area contributed by atoms with Gasteiger partial charge in [0.15, 0.2) is 5.78 Å². The lowest BCUT2D eigenvalue weighted by atomic mass is 9.34. The number of aliphatic hydroxyl groups is 2. The van der Waals surface area contributed by atoms with Crippen molar-refractivity contribution in [2.75, 3.05) is 48.1 Å². The van der Waals surface area contributed by atoms with Gasteiger partial charge in [-0.15, -0.1) is 0 Å². The van der Waals surface area contributed by atoms with E-state index in [-0.39, 0.29) is 59.5 Å². The predicted octanol–water partition coefficient (Wildman–Crippen LogP) is 0.853. The number of fused-ring (bicyclic) bond motifs is 1. The molecule has 0 aromatic rings. The van der Waals surface area contributed by atoms with Gasteiger partial charge in [-0.05, 0) is 18.9 Å². The number of nitrogens with zero attached hydrogens (tertiary/aromatic N) is 1. The number of carbonyl (C=O) groups excluding carboxylic acids is 1. The molecule has 9 heteroatoms. The summed E-state index contributed by atoms with van der Waals surface area (Å²) in [7, 11) is 6.72. The number of methoxy groups -OCH3 is 4. The number of halogens is 1. The molecule has 5 aliphatic carbocycles. The fraction of sp³-hybridized carbons (Fsp3) is 0.960. The average Bonchev–Trinajstić information content (AvgIpc) is 3.00. The molecule has 1 heterocycles. The van der Waals surface area contributed by atoms with Crippen LogP contribution >= 0.6 is 15.9 Å². The van der Waals surface area contributed by atoms with Crippen LogP contribution in [0.1, 0.15) is 26.2 Å².